The number of carbonyl (C=O) groups excluding carboxylic acids is 1. The van der Waals surface area contributed by atoms with Crippen molar-refractivity contribution in [2.24, 2.45) is 0 Å². The summed E-state index contributed by atoms with van der Waals surface area (Å²) in [6.07, 6.45) is 5.58. The van der Waals surface area contributed by atoms with Crippen LogP contribution in [0, 0.1) is 0 Å². The van der Waals surface area contributed by atoms with Crippen molar-refractivity contribution in [3.05, 3.63) is 71.3 Å². The molecule has 0 unspecified atom stereocenters. The summed E-state index contributed by atoms with van der Waals surface area (Å²) in [7, 11) is 1.96. The molecule has 22 heavy (non-hydrogen) atoms. The summed E-state index contributed by atoms with van der Waals surface area (Å²) >= 11 is 0. The van der Waals surface area contributed by atoms with Crippen LogP contribution in [0.2, 0.25) is 0 Å². The monoisotopic (exact) mass is 293 g/mol. The second-order valence-electron chi connectivity index (χ2n) is 6.17. The Kier molecular flexibility index (Phi) is 4.57. The molecular formula is C20H23NO. The first-order valence-electron chi connectivity index (χ1n) is 8.14. The Morgan fingerprint density at radius 3 is 2.36 bits per heavy atom. The molecule has 0 aliphatic heterocycles. The molecule has 1 aliphatic rings. The Bertz CT molecular complexity index is 629. The van der Waals surface area contributed by atoms with Gasteiger partial charge in [-0.05, 0) is 36.5 Å². The second kappa shape index (κ2) is 6.78. The lowest BCUT2D eigenvalue weighted by atomic mass is 9.98. The van der Waals surface area contributed by atoms with Crippen molar-refractivity contribution < 1.29 is 4.79 Å². The molecule has 2 aromatic rings. The van der Waals surface area contributed by atoms with Gasteiger partial charge in [-0.15, -0.1) is 0 Å². The van der Waals surface area contributed by atoms with E-state index in [1.54, 1.807) is 0 Å². The zero-order valence-corrected chi connectivity index (χ0v) is 13.2. The lowest BCUT2D eigenvalue weighted by molar-refractivity contribution is 0.0734. The fourth-order valence-electron chi connectivity index (χ4n) is 3.35. The van der Waals surface area contributed by atoms with Crippen LogP contribution in [0.1, 0.15) is 47.2 Å². The first kappa shape index (κ1) is 14.8. The van der Waals surface area contributed by atoms with Crippen LogP contribution in [-0.2, 0) is 6.42 Å². The van der Waals surface area contributed by atoms with Crippen LogP contribution in [0.4, 0.5) is 0 Å². The van der Waals surface area contributed by atoms with Crippen molar-refractivity contribution >= 4 is 5.91 Å². The molecule has 1 amide bonds. The maximum Gasteiger partial charge on any atom is 0.254 e. The van der Waals surface area contributed by atoms with E-state index in [4.69, 9.17) is 0 Å². The molecule has 0 radical (unpaired) electrons. The van der Waals surface area contributed by atoms with Crippen LogP contribution in [0.15, 0.2) is 54.6 Å². The van der Waals surface area contributed by atoms with E-state index in [1.807, 2.05) is 48.3 Å². The van der Waals surface area contributed by atoms with Crippen LogP contribution >= 0.6 is 0 Å². The van der Waals surface area contributed by atoms with E-state index in [0.717, 1.165) is 30.4 Å². The third kappa shape index (κ3) is 3.22. The van der Waals surface area contributed by atoms with Crippen molar-refractivity contribution in [3.8, 4) is 0 Å². The van der Waals surface area contributed by atoms with Crippen LogP contribution in [-0.4, -0.2) is 23.9 Å². The van der Waals surface area contributed by atoms with Gasteiger partial charge in [0.1, 0.15) is 0 Å². The summed E-state index contributed by atoms with van der Waals surface area (Å²) < 4.78 is 0. The smallest absolute Gasteiger partial charge is 0.254 e. The van der Waals surface area contributed by atoms with E-state index in [-0.39, 0.29) is 5.91 Å². The Morgan fingerprint density at radius 2 is 1.64 bits per heavy atom. The fraction of sp³-hybridized carbons (Fsp3) is 0.350. The molecule has 0 heterocycles. The summed E-state index contributed by atoms with van der Waals surface area (Å²) in [4.78, 5) is 14.8. The minimum Gasteiger partial charge on any atom is -0.339 e. The summed E-state index contributed by atoms with van der Waals surface area (Å²) in [5.74, 6) is 0.165. The first-order chi connectivity index (χ1) is 10.8. The van der Waals surface area contributed by atoms with Gasteiger partial charge in [-0.25, -0.2) is 0 Å². The van der Waals surface area contributed by atoms with Crippen molar-refractivity contribution in [1.29, 1.82) is 0 Å². The Hall–Kier alpha value is -2.09. The topological polar surface area (TPSA) is 20.3 Å². The third-order valence-corrected chi connectivity index (χ3v) is 4.68. The number of nitrogens with zero attached hydrogens (tertiary/aromatic N) is 1. The number of rotatable bonds is 4. The highest BCUT2D eigenvalue weighted by molar-refractivity contribution is 5.95. The van der Waals surface area contributed by atoms with Gasteiger partial charge in [0.25, 0.3) is 5.91 Å². The molecule has 2 heteroatoms. The largest absolute Gasteiger partial charge is 0.339 e. The Morgan fingerprint density at radius 1 is 1.00 bits per heavy atom. The predicted octanol–water partition coefficient (Wildman–Crippen LogP) is 4.29. The van der Waals surface area contributed by atoms with Gasteiger partial charge in [0, 0.05) is 18.7 Å². The lowest BCUT2D eigenvalue weighted by Gasteiger charge is -2.25. The maximum absolute atomic E-state index is 12.9. The van der Waals surface area contributed by atoms with Gasteiger partial charge in [0.05, 0.1) is 0 Å². The molecule has 3 rings (SSSR count). The van der Waals surface area contributed by atoms with Gasteiger partial charge in [-0.2, -0.15) is 0 Å². The highest BCUT2D eigenvalue weighted by Gasteiger charge is 2.25. The van der Waals surface area contributed by atoms with Crippen molar-refractivity contribution in [2.45, 2.75) is 38.1 Å². The SMILES string of the molecule is CN(C(=O)c1ccccc1Cc1ccccc1)C1CCCC1. The highest BCUT2D eigenvalue weighted by Crippen LogP contribution is 2.25. The van der Waals surface area contributed by atoms with Crippen LogP contribution in [0.25, 0.3) is 0 Å². The zero-order chi connectivity index (χ0) is 15.4. The molecular weight excluding hydrogens is 270 g/mol. The van der Waals surface area contributed by atoms with Gasteiger partial charge in [-0.1, -0.05) is 61.4 Å². The van der Waals surface area contributed by atoms with E-state index in [2.05, 4.69) is 18.2 Å². The predicted molar refractivity (Wildman–Crippen MR) is 90.0 cm³/mol. The third-order valence-electron chi connectivity index (χ3n) is 4.68. The Balaban J connectivity index is 1.82. The van der Waals surface area contributed by atoms with Crippen molar-refractivity contribution in [3.63, 3.8) is 0 Å². The summed E-state index contributed by atoms with van der Waals surface area (Å²) in [6.45, 7) is 0. The number of hydrogen-bond acceptors (Lipinski definition) is 1. The average Bonchev–Trinajstić information content (AvgIpc) is 3.09. The summed E-state index contributed by atoms with van der Waals surface area (Å²) in [6, 6.07) is 18.8. The standard InChI is InChI=1S/C20H23NO/c1-21(18-12-6-7-13-18)20(22)19-14-8-5-11-17(19)15-16-9-3-2-4-10-16/h2-5,8-11,14,18H,6-7,12-13,15H2,1H3. The van der Waals surface area contributed by atoms with Gasteiger partial charge >= 0.3 is 0 Å². The van der Waals surface area contributed by atoms with Gasteiger partial charge < -0.3 is 4.90 Å². The molecule has 1 saturated carbocycles. The molecule has 2 aromatic carbocycles. The van der Waals surface area contributed by atoms with Crippen molar-refractivity contribution in [2.75, 3.05) is 7.05 Å². The summed E-state index contributed by atoms with van der Waals surface area (Å²) in [5, 5.41) is 0. The molecule has 0 saturated heterocycles. The lowest BCUT2D eigenvalue weighted by Crippen LogP contribution is -2.35. The van der Waals surface area contributed by atoms with E-state index in [9.17, 15) is 4.79 Å². The highest BCUT2D eigenvalue weighted by atomic mass is 16.2. The van der Waals surface area contributed by atoms with Crippen LogP contribution in [0.5, 0.6) is 0 Å². The number of hydrogen-bond donors (Lipinski definition) is 0. The fourth-order valence-corrected chi connectivity index (χ4v) is 3.35. The minimum absolute atomic E-state index is 0.165. The number of carbonyl (C=O) groups is 1. The van der Waals surface area contributed by atoms with Crippen molar-refractivity contribution in [1.82, 2.24) is 4.90 Å². The van der Waals surface area contributed by atoms with E-state index in [0.29, 0.717) is 6.04 Å². The molecule has 0 spiro atoms. The molecule has 0 atom stereocenters. The summed E-state index contributed by atoms with van der Waals surface area (Å²) in [5.41, 5.74) is 3.20. The van der Waals surface area contributed by atoms with Crippen LogP contribution in [0.3, 0.4) is 0 Å². The van der Waals surface area contributed by atoms with Gasteiger partial charge in [-0.3, -0.25) is 4.79 Å². The first-order valence-corrected chi connectivity index (χ1v) is 8.14. The number of amides is 1. The molecule has 114 valence electrons. The number of benzene rings is 2. The molecule has 1 aliphatic carbocycles. The quantitative estimate of drug-likeness (QED) is 0.823. The molecule has 2 nitrogen and oxygen atoms in total. The minimum atomic E-state index is 0.165. The second-order valence-corrected chi connectivity index (χ2v) is 6.17. The van der Waals surface area contributed by atoms with Gasteiger partial charge in [0.15, 0.2) is 0 Å². The van der Waals surface area contributed by atoms with E-state index in [1.165, 1.54) is 18.4 Å². The zero-order valence-electron chi connectivity index (χ0n) is 13.2. The Labute approximate surface area is 132 Å². The molecule has 0 bridgehead atoms. The molecule has 0 aromatic heterocycles. The molecule has 0 N–H and O–H groups in total. The van der Waals surface area contributed by atoms with E-state index < -0.39 is 0 Å². The average molecular weight is 293 g/mol. The van der Waals surface area contributed by atoms with Crippen LogP contribution < -0.4 is 0 Å². The van der Waals surface area contributed by atoms with E-state index >= 15 is 0 Å². The molecule has 1 fully saturated rings. The van der Waals surface area contributed by atoms with Gasteiger partial charge in [0.2, 0.25) is 0 Å². The maximum atomic E-state index is 12.9. The normalized spacial score (nSPS) is 15.0.